The van der Waals surface area contributed by atoms with Crippen LogP contribution in [0.4, 0.5) is 0 Å². The van der Waals surface area contributed by atoms with E-state index < -0.39 is 6.23 Å². The Morgan fingerprint density at radius 1 is 1.00 bits per heavy atom. The molecule has 0 amide bonds. The standard InChI is InChI=1S/C11H25NO4/c1-3-4-5-14-6-7-15-8-9-16-10-11(13)12-2/h11-13H,3-10H2,1-2H3. The Morgan fingerprint density at radius 3 is 2.12 bits per heavy atom. The van der Waals surface area contributed by atoms with E-state index in [9.17, 15) is 0 Å². The second-order valence-electron chi connectivity index (χ2n) is 3.46. The van der Waals surface area contributed by atoms with E-state index in [1.165, 1.54) is 0 Å². The second kappa shape index (κ2) is 12.9. The molecular weight excluding hydrogens is 210 g/mol. The molecule has 0 aliphatic carbocycles. The number of likely N-dealkylation sites (N-methyl/N-ethyl adjacent to an activating group) is 1. The predicted octanol–water partition coefficient (Wildman–Crippen LogP) is 0.374. The Hall–Kier alpha value is -0.200. The van der Waals surface area contributed by atoms with E-state index in [2.05, 4.69) is 12.2 Å². The summed E-state index contributed by atoms with van der Waals surface area (Å²) in [5, 5.41) is 11.7. The quantitative estimate of drug-likeness (QED) is 0.378. The minimum Gasteiger partial charge on any atom is -0.379 e. The lowest BCUT2D eigenvalue weighted by Crippen LogP contribution is -2.30. The van der Waals surface area contributed by atoms with E-state index in [4.69, 9.17) is 19.3 Å². The van der Waals surface area contributed by atoms with Crippen molar-refractivity contribution in [1.29, 1.82) is 0 Å². The molecule has 0 aliphatic rings. The summed E-state index contributed by atoms with van der Waals surface area (Å²) in [6, 6.07) is 0. The number of ether oxygens (including phenoxy) is 3. The normalized spacial score (nSPS) is 12.9. The van der Waals surface area contributed by atoms with Crippen LogP contribution in [0, 0.1) is 0 Å². The molecule has 0 aromatic rings. The van der Waals surface area contributed by atoms with Gasteiger partial charge >= 0.3 is 0 Å². The molecule has 5 nitrogen and oxygen atoms in total. The van der Waals surface area contributed by atoms with Crippen LogP contribution >= 0.6 is 0 Å². The van der Waals surface area contributed by atoms with Crippen molar-refractivity contribution >= 4 is 0 Å². The van der Waals surface area contributed by atoms with E-state index in [-0.39, 0.29) is 6.61 Å². The minimum atomic E-state index is -0.600. The van der Waals surface area contributed by atoms with Gasteiger partial charge in [-0.1, -0.05) is 13.3 Å². The van der Waals surface area contributed by atoms with Crippen molar-refractivity contribution in [2.75, 3.05) is 46.7 Å². The first-order chi connectivity index (χ1) is 7.81. The molecule has 0 saturated carbocycles. The van der Waals surface area contributed by atoms with Crippen molar-refractivity contribution in [1.82, 2.24) is 5.32 Å². The third kappa shape index (κ3) is 11.9. The number of unbranched alkanes of at least 4 members (excludes halogenated alkanes) is 1. The summed E-state index contributed by atoms with van der Waals surface area (Å²) >= 11 is 0. The van der Waals surface area contributed by atoms with Crippen LogP contribution in [0.15, 0.2) is 0 Å². The Labute approximate surface area is 98.1 Å². The summed E-state index contributed by atoms with van der Waals surface area (Å²) in [6.07, 6.45) is 1.66. The van der Waals surface area contributed by atoms with Gasteiger partial charge in [0.05, 0.1) is 33.0 Å². The predicted molar refractivity (Wildman–Crippen MR) is 62.4 cm³/mol. The summed E-state index contributed by atoms with van der Waals surface area (Å²) in [5.74, 6) is 0. The zero-order chi connectivity index (χ0) is 12.1. The van der Waals surface area contributed by atoms with Crippen molar-refractivity contribution in [3.63, 3.8) is 0 Å². The zero-order valence-electron chi connectivity index (χ0n) is 10.4. The SMILES string of the molecule is CCCCOCCOCCOCC(O)NC. The molecule has 98 valence electrons. The molecule has 5 heteroatoms. The highest BCUT2D eigenvalue weighted by Crippen LogP contribution is 1.88. The molecule has 0 saturated heterocycles. The molecule has 0 fully saturated rings. The van der Waals surface area contributed by atoms with Crippen LogP contribution in [0.5, 0.6) is 0 Å². The van der Waals surface area contributed by atoms with Crippen LogP contribution < -0.4 is 5.32 Å². The van der Waals surface area contributed by atoms with Crippen LogP contribution in [0.1, 0.15) is 19.8 Å². The molecule has 0 aromatic heterocycles. The lowest BCUT2D eigenvalue weighted by molar-refractivity contribution is -0.0158. The van der Waals surface area contributed by atoms with E-state index in [1.807, 2.05) is 0 Å². The van der Waals surface area contributed by atoms with E-state index >= 15 is 0 Å². The number of rotatable bonds is 12. The van der Waals surface area contributed by atoms with Crippen molar-refractivity contribution in [2.24, 2.45) is 0 Å². The highest BCUT2D eigenvalue weighted by atomic mass is 16.5. The average molecular weight is 235 g/mol. The van der Waals surface area contributed by atoms with Gasteiger partial charge in [0.15, 0.2) is 0 Å². The Balaban J connectivity index is 2.93. The number of hydrogen-bond donors (Lipinski definition) is 2. The van der Waals surface area contributed by atoms with Gasteiger partial charge in [-0.15, -0.1) is 0 Å². The van der Waals surface area contributed by atoms with Gasteiger partial charge in [-0.25, -0.2) is 0 Å². The van der Waals surface area contributed by atoms with Crippen LogP contribution in [0.3, 0.4) is 0 Å². The average Bonchev–Trinajstić information content (AvgIpc) is 2.31. The van der Waals surface area contributed by atoms with Gasteiger partial charge in [0.25, 0.3) is 0 Å². The molecule has 0 aliphatic heterocycles. The van der Waals surface area contributed by atoms with Gasteiger partial charge in [0, 0.05) is 6.61 Å². The van der Waals surface area contributed by atoms with Gasteiger partial charge in [-0.3, -0.25) is 5.32 Å². The largest absolute Gasteiger partial charge is 0.379 e. The zero-order valence-corrected chi connectivity index (χ0v) is 10.4. The molecule has 0 rings (SSSR count). The first-order valence-electron chi connectivity index (χ1n) is 5.89. The monoisotopic (exact) mass is 235 g/mol. The molecule has 0 radical (unpaired) electrons. The van der Waals surface area contributed by atoms with Gasteiger partial charge < -0.3 is 19.3 Å². The number of nitrogens with one attached hydrogen (secondary N) is 1. The molecule has 2 N–H and O–H groups in total. The fourth-order valence-corrected chi connectivity index (χ4v) is 0.965. The molecule has 16 heavy (non-hydrogen) atoms. The van der Waals surface area contributed by atoms with E-state index in [0.29, 0.717) is 26.4 Å². The molecule has 0 spiro atoms. The van der Waals surface area contributed by atoms with E-state index in [1.54, 1.807) is 7.05 Å². The molecular formula is C11H25NO4. The number of aliphatic hydroxyl groups is 1. The van der Waals surface area contributed by atoms with Gasteiger partial charge in [0.1, 0.15) is 6.23 Å². The summed E-state index contributed by atoms with van der Waals surface area (Å²) in [5.41, 5.74) is 0. The van der Waals surface area contributed by atoms with Crippen molar-refractivity contribution < 1.29 is 19.3 Å². The van der Waals surface area contributed by atoms with Gasteiger partial charge in [-0.05, 0) is 13.5 Å². The van der Waals surface area contributed by atoms with Gasteiger partial charge in [0.2, 0.25) is 0 Å². The van der Waals surface area contributed by atoms with Crippen molar-refractivity contribution in [3.05, 3.63) is 0 Å². The summed E-state index contributed by atoms with van der Waals surface area (Å²) in [7, 11) is 1.68. The van der Waals surface area contributed by atoms with Crippen LogP contribution in [-0.2, 0) is 14.2 Å². The maximum absolute atomic E-state index is 9.08. The first-order valence-corrected chi connectivity index (χ1v) is 5.89. The van der Waals surface area contributed by atoms with Crippen LogP contribution in [0.25, 0.3) is 0 Å². The minimum absolute atomic E-state index is 0.285. The number of aliphatic hydroxyl groups excluding tert-OH is 1. The first kappa shape index (κ1) is 15.8. The lowest BCUT2D eigenvalue weighted by atomic mass is 10.4. The van der Waals surface area contributed by atoms with Gasteiger partial charge in [-0.2, -0.15) is 0 Å². The molecule has 0 heterocycles. The van der Waals surface area contributed by atoms with Crippen molar-refractivity contribution in [3.8, 4) is 0 Å². The highest BCUT2D eigenvalue weighted by molar-refractivity contribution is 4.44. The summed E-state index contributed by atoms with van der Waals surface area (Å²) < 4.78 is 15.8. The Bertz CT molecular complexity index is 135. The number of hydrogen-bond acceptors (Lipinski definition) is 5. The second-order valence-corrected chi connectivity index (χ2v) is 3.46. The fraction of sp³-hybridized carbons (Fsp3) is 1.00. The molecule has 0 bridgehead atoms. The van der Waals surface area contributed by atoms with E-state index in [0.717, 1.165) is 19.4 Å². The fourth-order valence-electron chi connectivity index (χ4n) is 0.965. The molecule has 1 unspecified atom stereocenters. The van der Waals surface area contributed by atoms with Crippen LogP contribution in [-0.4, -0.2) is 58.0 Å². The Morgan fingerprint density at radius 2 is 1.56 bits per heavy atom. The van der Waals surface area contributed by atoms with Crippen molar-refractivity contribution in [2.45, 2.75) is 26.0 Å². The Kier molecular flexibility index (Phi) is 12.7. The highest BCUT2D eigenvalue weighted by Gasteiger charge is 1.98. The van der Waals surface area contributed by atoms with Crippen LogP contribution in [0.2, 0.25) is 0 Å². The topological polar surface area (TPSA) is 60.0 Å². The lowest BCUT2D eigenvalue weighted by Gasteiger charge is -2.10. The third-order valence-corrected chi connectivity index (χ3v) is 2.00. The molecule has 0 aromatic carbocycles. The summed E-state index contributed by atoms with van der Waals surface area (Å²) in [4.78, 5) is 0. The third-order valence-electron chi connectivity index (χ3n) is 2.00. The maximum atomic E-state index is 9.08. The summed E-state index contributed by atoms with van der Waals surface area (Å²) in [6.45, 7) is 5.50. The molecule has 1 atom stereocenters. The maximum Gasteiger partial charge on any atom is 0.128 e. The smallest absolute Gasteiger partial charge is 0.128 e.